The molecule has 1 aromatic carbocycles. The van der Waals surface area contributed by atoms with Gasteiger partial charge in [-0.15, -0.1) is 0 Å². The van der Waals surface area contributed by atoms with Crippen molar-refractivity contribution in [3.8, 4) is 11.1 Å². The summed E-state index contributed by atoms with van der Waals surface area (Å²) in [5.74, 6) is 0. The van der Waals surface area contributed by atoms with E-state index < -0.39 is 0 Å². The highest BCUT2D eigenvalue weighted by Crippen LogP contribution is 2.26. The highest BCUT2D eigenvalue weighted by atomic mass is 16.5. The van der Waals surface area contributed by atoms with E-state index in [0.29, 0.717) is 6.04 Å². The van der Waals surface area contributed by atoms with Crippen LogP contribution >= 0.6 is 0 Å². The minimum atomic E-state index is 0.469. The first-order chi connectivity index (χ1) is 9.78. The van der Waals surface area contributed by atoms with Gasteiger partial charge in [0.1, 0.15) is 0 Å². The van der Waals surface area contributed by atoms with Crippen molar-refractivity contribution >= 4 is 5.69 Å². The molecule has 0 saturated carbocycles. The van der Waals surface area contributed by atoms with Crippen LogP contribution in [0.2, 0.25) is 0 Å². The summed E-state index contributed by atoms with van der Waals surface area (Å²) in [5.41, 5.74) is 10.4. The molecule has 1 fully saturated rings. The predicted molar refractivity (Wildman–Crippen MR) is 80.5 cm³/mol. The molecule has 0 spiro atoms. The Morgan fingerprint density at radius 1 is 1.30 bits per heavy atom. The molecule has 2 aromatic rings. The van der Waals surface area contributed by atoms with Gasteiger partial charge in [0.25, 0.3) is 0 Å². The van der Waals surface area contributed by atoms with Gasteiger partial charge in [0.15, 0.2) is 0 Å². The molecule has 2 N–H and O–H groups in total. The van der Waals surface area contributed by atoms with Gasteiger partial charge in [-0.25, -0.2) is 0 Å². The molecule has 1 aromatic heterocycles. The van der Waals surface area contributed by atoms with E-state index in [4.69, 9.17) is 10.5 Å². The summed E-state index contributed by atoms with van der Waals surface area (Å²) in [5, 5.41) is 4.52. The fraction of sp³-hybridized carbons (Fsp3) is 0.438. The number of anilines is 1. The number of nitrogen functional groups attached to an aromatic ring is 1. The van der Waals surface area contributed by atoms with Crippen LogP contribution in [0.15, 0.2) is 30.6 Å². The molecular formula is C16H21N3O. The van der Waals surface area contributed by atoms with Crippen molar-refractivity contribution in [2.24, 2.45) is 0 Å². The van der Waals surface area contributed by atoms with Gasteiger partial charge in [-0.1, -0.05) is 13.0 Å². The van der Waals surface area contributed by atoms with Crippen LogP contribution in [0.3, 0.4) is 0 Å². The van der Waals surface area contributed by atoms with E-state index >= 15 is 0 Å². The molecule has 4 nitrogen and oxygen atoms in total. The lowest BCUT2D eigenvalue weighted by atomic mass is 10.0. The van der Waals surface area contributed by atoms with Gasteiger partial charge in [-0.05, 0) is 42.5 Å². The third-order valence-electron chi connectivity index (χ3n) is 4.02. The van der Waals surface area contributed by atoms with Crippen molar-refractivity contribution < 1.29 is 4.74 Å². The van der Waals surface area contributed by atoms with E-state index in [0.717, 1.165) is 43.7 Å². The molecule has 3 rings (SSSR count). The molecule has 1 saturated heterocycles. The Hall–Kier alpha value is -1.81. The largest absolute Gasteiger partial charge is 0.399 e. The van der Waals surface area contributed by atoms with Crippen LogP contribution in [0.4, 0.5) is 5.69 Å². The number of hydrogen-bond donors (Lipinski definition) is 1. The third kappa shape index (κ3) is 2.56. The zero-order valence-corrected chi connectivity index (χ0v) is 11.9. The van der Waals surface area contributed by atoms with Gasteiger partial charge in [0.2, 0.25) is 0 Å². The monoisotopic (exact) mass is 271 g/mol. The van der Waals surface area contributed by atoms with Gasteiger partial charge in [-0.2, -0.15) is 5.10 Å². The summed E-state index contributed by atoms with van der Waals surface area (Å²) in [6.45, 7) is 3.80. The Balaban J connectivity index is 1.85. The van der Waals surface area contributed by atoms with Crippen LogP contribution in [0.1, 0.15) is 31.4 Å². The smallest absolute Gasteiger partial charge is 0.0568 e. The maximum Gasteiger partial charge on any atom is 0.0568 e. The summed E-state index contributed by atoms with van der Waals surface area (Å²) in [6.07, 6.45) is 7.13. The minimum Gasteiger partial charge on any atom is -0.399 e. The summed E-state index contributed by atoms with van der Waals surface area (Å²) < 4.78 is 7.48. The van der Waals surface area contributed by atoms with E-state index in [-0.39, 0.29) is 0 Å². The number of hydrogen-bond acceptors (Lipinski definition) is 3. The molecule has 2 heterocycles. The summed E-state index contributed by atoms with van der Waals surface area (Å²) in [6, 6.07) is 6.69. The van der Waals surface area contributed by atoms with Crippen molar-refractivity contribution in [1.82, 2.24) is 9.78 Å². The van der Waals surface area contributed by atoms with Crippen LogP contribution in [-0.4, -0.2) is 23.0 Å². The number of ether oxygens (including phenoxy) is 1. The number of aryl methyl sites for hydroxylation is 1. The third-order valence-corrected chi connectivity index (χ3v) is 4.02. The van der Waals surface area contributed by atoms with Crippen LogP contribution < -0.4 is 5.73 Å². The molecule has 20 heavy (non-hydrogen) atoms. The molecule has 0 amide bonds. The Morgan fingerprint density at radius 2 is 2.10 bits per heavy atom. The molecule has 0 radical (unpaired) electrons. The second-order valence-corrected chi connectivity index (χ2v) is 5.32. The molecule has 4 heteroatoms. The Morgan fingerprint density at radius 3 is 2.85 bits per heavy atom. The normalized spacial score (nSPS) is 16.4. The van der Waals surface area contributed by atoms with Crippen molar-refractivity contribution in [3.63, 3.8) is 0 Å². The van der Waals surface area contributed by atoms with Crippen molar-refractivity contribution in [2.75, 3.05) is 18.9 Å². The van der Waals surface area contributed by atoms with Gasteiger partial charge >= 0.3 is 0 Å². The fourth-order valence-corrected chi connectivity index (χ4v) is 2.73. The van der Waals surface area contributed by atoms with E-state index in [1.807, 2.05) is 12.3 Å². The molecule has 0 atom stereocenters. The maximum absolute atomic E-state index is 5.97. The van der Waals surface area contributed by atoms with Crippen LogP contribution in [0.5, 0.6) is 0 Å². The minimum absolute atomic E-state index is 0.469. The number of aromatic nitrogens is 2. The van der Waals surface area contributed by atoms with E-state index in [1.54, 1.807) is 0 Å². The molecule has 0 unspecified atom stereocenters. The molecule has 1 aliphatic rings. The van der Waals surface area contributed by atoms with E-state index in [2.05, 4.69) is 35.0 Å². The fourth-order valence-electron chi connectivity index (χ4n) is 2.73. The molecule has 106 valence electrons. The standard InChI is InChI=1S/C16H21N3O/c1-2-12-9-13(3-4-16(12)17)14-10-18-19(11-14)15-5-7-20-8-6-15/h3-4,9-11,15H,2,5-8,17H2,1H3. The number of rotatable bonds is 3. The topological polar surface area (TPSA) is 53.1 Å². The maximum atomic E-state index is 5.97. The van der Waals surface area contributed by atoms with Crippen LogP contribution in [-0.2, 0) is 11.2 Å². The SMILES string of the molecule is CCc1cc(-c2cnn(C3CCOCC3)c2)ccc1N. The van der Waals surface area contributed by atoms with E-state index in [1.165, 1.54) is 11.1 Å². The van der Waals surface area contributed by atoms with Gasteiger partial charge in [0.05, 0.1) is 12.2 Å². The number of benzene rings is 1. The van der Waals surface area contributed by atoms with Gasteiger partial charge < -0.3 is 10.5 Å². The number of nitrogens with zero attached hydrogens (tertiary/aromatic N) is 2. The Kier molecular flexibility index (Phi) is 3.74. The molecule has 0 aliphatic carbocycles. The van der Waals surface area contributed by atoms with E-state index in [9.17, 15) is 0 Å². The molecular weight excluding hydrogens is 250 g/mol. The second-order valence-electron chi connectivity index (χ2n) is 5.32. The van der Waals surface area contributed by atoms with Crippen molar-refractivity contribution in [1.29, 1.82) is 0 Å². The lowest BCUT2D eigenvalue weighted by Gasteiger charge is -2.22. The second kappa shape index (κ2) is 5.67. The van der Waals surface area contributed by atoms with Crippen LogP contribution in [0.25, 0.3) is 11.1 Å². The summed E-state index contributed by atoms with van der Waals surface area (Å²) in [4.78, 5) is 0. The first kappa shape index (κ1) is 13.2. The lowest BCUT2D eigenvalue weighted by Crippen LogP contribution is -2.19. The molecule has 0 bridgehead atoms. The molecule has 1 aliphatic heterocycles. The van der Waals surface area contributed by atoms with Gasteiger partial charge in [0, 0.05) is 30.7 Å². The van der Waals surface area contributed by atoms with Crippen LogP contribution in [0, 0.1) is 0 Å². The predicted octanol–water partition coefficient (Wildman–Crippen LogP) is 3.05. The summed E-state index contributed by atoms with van der Waals surface area (Å²) >= 11 is 0. The highest BCUT2D eigenvalue weighted by molar-refractivity contribution is 5.66. The Labute approximate surface area is 119 Å². The average Bonchev–Trinajstić information content (AvgIpc) is 2.98. The first-order valence-electron chi connectivity index (χ1n) is 7.28. The lowest BCUT2D eigenvalue weighted by molar-refractivity contribution is 0.0662. The first-order valence-corrected chi connectivity index (χ1v) is 7.28. The van der Waals surface area contributed by atoms with Gasteiger partial charge in [-0.3, -0.25) is 4.68 Å². The highest BCUT2D eigenvalue weighted by Gasteiger charge is 2.16. The zero-order valence-electron chi connectivity index (χ0n) is 11.9. The average molecular weight is 271 g/mol. The zero-order chi connectivity index (χ0) is 13.9. The van der Waals surface area contributed by atoms with Crippen molar-refractivity contribution in [2.45, 2.75) is 32.2 Å². The summed E-state index contributed by atoms with van der Waals surface area (Å²) in [7, 11) is 0. The number of nitrogens with two attached hydrogens (primary N) is 1. The quantitative estimate of drug-likeness (QED) is 0.873. The van der Waals surface area contributed by atoms with Crippen molar-refractivity contribution in [3.05, 3.63) is 36.2 Å². The Bertz CT molecular complexity index is 585.